The first-order valence-electron chi connectivity index (χ1n) is 5.88. The highest BCUT2D eigenvalue weighted by Crippen LogP contribution is 2.17. The average Bonchev–Trinajstić information content (AvgIpc) is 2.32. The monoisotopic (exact) mass is 333 g/mol. The normalized spacial score (nSPS) is 11.0. The van der Waals surface area contributed by atoms with Gasteiger partial charge >= 0.3 is 0 Å². The molecule has 0 heterocycles. The summed E-state index contributed by atoms with van der Waals surface area (Å²) in [5, 5.41) is 10.1. The second kappa shape index (κ2) is 10.3. The Balaban J connectivity index is 4.20. The van der Waals surface area contributed by atoms with Crippen molar-refractivity contribution in [1.82, 2.24) is 0 Å². The van der Waals surface area contributed by atoms with Crippen LogP contribution in [0.3, 0.4) is 0 Å². The number of carbonyl (C=O) groups excluding carboxylic acids is 5. The van der Waals surface area contributed by atoms with Crippen molar-refractivity contribution in [2.75, 3.05) is 0 Å². The number of rotatable bonds is 7. The highest BCUT2D eigenvalue weighted by atomic mass is 32.2. The highest BCUT2D eigenvalue weighted by molar-refractivity contribution is 8.26. The molecule has 0 fully saturated rings. The van der Waals surface area contributed by atoms with Crippen LogP contribution in [0.2, 0.25) is 0 Å². The lowest BCUT2D eigenvalue weighted by Gasteiger charge is -2.02. The average molecular weight is 333 g/mol. The number of thioether (sulfide) groups is 2. The zero-order valence-electron chi connectivity index (χ0n) is 11.6. The first kappa shape index (κ1) is 19.5. The van der Waals surface area contributed by atoms with Crippen molar-refractivity contribution in [3.05, 3.63) is 0 Å². The van der Waals surface area contributed by atoms with E-state index in [2.05, 4.69) is 5.16 Å². The fraction of sp³-hybridized carbons (Fsp3) is 0.500. The molecule has 0 saturated carbocycles. The van der Waals surface area contributed by atoms with Crippen molar-refractivity contribution in [2.45, 2.75) is 39.5 Å². The van der Waals surface area contributed by atoms with Gasteiger partial charge in [-0.25, -0.2) is 0 Å². The molecule has 7 nitrogen and oxygen atoms in total. The predicted molar refractivity (Wildman–Crippen MR) is 79.3 cm³/mol. The summed E-state index contributed by atoms with van der Waals surface area (Å²) in [5.41, 5.74) is 0. The molecule has 0 aromatic rings. The van der Waals surface area contributed by atoms with Gasteiger partial charge in [0.25, 0.3) is 0 Å². The van der Waals surface area contributed by atoms with Gasteiger partial charge in [-0.1, -0.05) is 5.16 Å². The fourth-order valence-electron chi connectivity index (χ4n) is 1.12. The van der Waals surface area contributed by atoms with Crippen molar-refractivity contribution < 1.29 is 29.2 Å². The molecular formula is C12H15NO6S2. The summed E-state index contributed by atoms with van der Waals surface area (Å²) in [6, 6.07) is 0. The SMILES string of the molecule is CC(=O)CC(=O)SC(=O)CC/C(=N/O)SC(=O)CC(C)=O. The topological polar surface area (TPSA) is 118 Å². The molecule has 116 valence electrons. The number of ketones is 2. The minimum Gasteiger partial charge on any atom is -0.410 e. The van der Waals surface area contributed by atoms with Crippen LogP contribution in [-0.4, -0.2) is 37.2 Å². The third-order valence-corrected chi connectivity index (χ3v) is 3.60. The molecule has 0 saturated heterocycles. The second-order valence-electron chi connectivity index (χ2n) is 4.07. The molecule has 0 aliphatic carbocycles. The number of carbonyl (C=O) groups is 5. The van der Waals surface area contributed by atoms with E-state index in [1.165, 1.54) is 13.8 Å². The lowest BCUT2D eigenvalue weighted by atomic mass is 10.3. The van der Waals surface area contributed by atoms with E-state index < -0.39 is 15.3 Å². The standard InChI is InChI=1S/C12H15NO6S2/c1-7(14)5-11(17)20-9(13-19)3-4-10(16)21-12(18)6-8(2)15/h19H,3-6H2,1-2H3/b13-9-. The Kier molecular flexibility index (Phi) is 9.55. The van der Waals surface area contributed by atoms with E-state index in [0.29, 0.717) is 23.5 Å². The summed E-state index contributed by atoms with van der Waals surface area (Å²) in [4.78, 5) is 55.5. The van der Waals surface area contributed by atoms with Crippen molar-refractivity contribution >= 4 is 55.5 Å². The predicted octanol–water partition coefficient (Wildman–Crippen LogP) is 1.56. The summed E-state index contributed by atoms with van der Waals surface area (Å²) in [5.74, 6) is -0.644. The lowest BCUT2D eigenvalue weighted by Crippen LogP contribution is -2.08. The summed E-state index contributed by atoms with van der Waals surface area (Å²) in [6.07, 6.45) is -0.745. The van der Waals surface area contributed by atoms with E-state index in [4.69, 9.17) is 5.21 Å². The van der Waals surface area contributed by atoms with Gasteiger partial charge in [-0.05, 0) is 37.4 Å². The van der Waals surface area contributed by atoms with Crippen LogP contribution in [0.4, 0.5) is 0 Å². The molecule has 0 spiro atoms. The smallest absolute Gasteiger partial charge is 0.203 e. The van der Waals surface area contributed by atoms with Crippen molar-refractivity contribution in [1.29, 1.82) is 0 Å². The first-order valence-corrected chi connectivity index (χ1v) is 7.52. The highest BCUT2D eigenvalue weighted by Gasteiger charge is 2.16. The van der Waals surface area contributed by atoms with Crippen molar-refractivity contribution in [3.8, 4) is 0 Å². The third-order valence-electron chi connectivity index (χ3n) is 1.90. The third kappa shape index (κ3) is 10.9. The van der Waals surface area contributed by atoms with E-state index in [1.807, 2.05) is 0 Å². The molecule has 0 aromatic carbocycles. The van der Waals surface area contributed by atoms with Gasteiger partial charge in [0, 0.05) is 12.8 Å². The van der Waals surface area contributed by atoms with Crippen LogP contribution in [0.1, 0.15) is 39.5 Å². The minimum atomic E-state index is -0.546. The van der Waals surface area contributed by atoms with Gasteiger partial charge in [-0.15, -0.1) is 0 Å². The van der Waals surface area contributed by atoms with Crippen LogP contribution in [0.25, 0.3) is 0 Å². The number of Topliss-reactive ketones (excluding diaryl/α,β-unsaturated/α-hetero) is 2. The van der Waals surface area contributed by atoms with E-state index in [-0.39, 0.29) is 42.3 Å². The van der Waals surface area contributed by atoms with Gasteiger partial charge in [0.15, 0.2) is 5.12 Å². The van der Waals surface area contributed by atoms with Crippen LogP contribution in [0.15, 0.2) is 5.16 Å². The van der Waals surface area contributed by atoms with Crippen LogP contribution >= 0.6 is 23.5 Å². The molecule has 21 heavy (non-hydrogen) atoms. The van der Waals surface area contributed by atoms with Crippen molar-refractivity contribution in [3.63, 3.8) is 0 Å². The lowest BCUT2D eigenvalue weighted by molar-refractivity contribution is -0.123. The van der Waals surface area contributed by atoms with Crippen LogP contribution in [-0.2, 0) is 24.0 Å². The molecule has 0 aromatic heterocycles. The van der Waals surface area contributed by atoms with E-state index in [0.717, 1.165) is 0 Å². The minimum absolute atomic E-state index is 0.00535. The summed E-state index contributed by atoms with van der Waals surface area (Å²) >= 11 is 1.01. The zero-order valence-corrected chi connectivity index (χ0v) is 13.2. The molecule has 0 atom stereocenters. The molecule has 9 heteroatoms. The largest absolute Gasteiger partial charge is 0.410 e. The van der Waals surface area contributed by atoms with Gasteiger partial charge in [0.1, 0.15) is 16.6 Å². The molecule has 0 unspecified atom stereocenters. The Morgan fingerprint density at radius 3 is 1.71 bits per heavy atom. The maximum atomic E-state index is 11.5. The van der Waals surface area contributed by atoms with Crippen LogP contribution in [0, 0.1) is 0 Å². The molecule has 0 radical (unpaired) electrons. The fourth-order valence-corrected chi connectivity index (χ4v) is 2.64. The Labute approximate surface area is 129 Å². The zero-order chi connectivity index (χ0) is 16.4. The van der Waals surface area contributed by atoms with Gasteiger partial charge < -0.3 is 5.21 Å². The van der Waals surface area contributed by atoms with Crippen LogP contribution < -0.4 is 0 Å². The molecule has 1 N–H and O–H groups in total. The summed E-state index contributed by atoms with van der Waals surface area (Å²) < 4.78 is 0. The van der Waals surface area contributed by atoms with Gasteiger partial charge in [0.2, 0.25) is 10.2 Å². The molecule has 0 aliphatic heterocycles. The van der Waals surface area contributed by atoms with Gasteiger partial charge in [-0.3, -0.25) is 24.0 Å². The first-order chi connectivity index (χ1) is 9.74. The van der Waals surface area contributed by atoms with E-state index >= 15 is 0 Å². The number of oxime groups is 1. The molecule has 0 amide bonds. The summed E-state index contributed by atoms with van der Waals surface area (Å²) in [7, 11) is 0. The molecule has 0 aliphatic rings. The molecular weight excluding hydrogens is 318 g/mol. The Morgan fingerprint density at radius 2 is 1.29 bits per heavy atom. The van der Waals surface area contributed by atoms with E-state index in [1.54, 1.807) is 0 Å². The molecule has 0 bridgehead atoms. The van der Waals surface area contributed by atoms with Crippen molar-refractivity contribution in [2.24, 2.45) is 5.16 Å². The Hall–Kier alpha value is -1.48. The second-order valence-corrected chi connectivity index (χ2v) is 6.32. The maximum Gasteiger partial charge on any atom is 0.203 e. The maximum absolute atomic E-state index is 11.5. The van der Waals surface area contributed by atoms with Crippen LogP contribution in [0.5, 0.6) is 0 Å². The van der Waals surface area contributed by atoms with E-state index in [9.17, 15) is 24.0 Å². The Bertz CT molecular complexity index is 486. The quantitative estimate of drug-likeness (QED) is 0.245. The number of hydrogen-bond donors (Lipinski definition) is 1. The van der Waals surface area contributed by atoms with Gasteiger partial charge in [-0.2, -0.15) is 0 Å². The van der Waals surface area contributed by atoms with Gasteiger partial charge in [0.05, 0.1) is 12.8 Å². The Morgan fingerprint density at radius 1 is 0.810 bits per heavy atom. The summed E-state index contributed by atoms with van der Waals surface area (Å²) in [6.45, 7) is 2.51. The number of hydrogen-bond acceptors (Lipinski definition) is 9. The number of nitrogens with zero attached hydrogens (tertiary/aromatic N) is 1. The molecule has 0 rings (SSSR count).